The summed E-state index contributed by atoms with van der Waals surface area (Å²) in [5, 5.41) is -0.184. The van der Waals surface area contributed by atoms with Gasteiger partial charge in [-0.1, -0.05) is 6.07 Å². The average Bonchev–Trinajstić information content (AvgIpc) is 2.73. The molecule has 0 aliphatic rings. The number of hydrogen-bond donors (Lipinski definition) is 0. The molecule has 1 unspecified atom stereocenters. The van der Waals surface area contributed by atoms with E-state index in [1.54, 1.807) is 6.26 Å². The lowest BCUT2D eigenvalue weighted by Crippen LogP contribution is -2.03. The molecule has 0 saturated heterocycles. The highest BCUT2D eigenvalue weighted by Crippen LogP contribution is 2.39. The zero-order valence-electron chi connectivity index (χ0n) is 11.0. The van der Waals surface area contributed by atoms with Gasteiger partial charge in [0, 0.05) is 5.56 Å². The van der Waals surface area contributed by atoms with Crippen molar-refractivity contribution in [1.82, 2.24) is 0 Å². The molecular formula is C15H16BrClO. The van der Waals surface area contributed by atoms with Crippen LogP contribution in [0.3, 0.4) is 0 Å². The average molecular weight is 328 g/mol. The van der Waals surface area contributed by atoms with E-state index in [0.29, 0.717) is 4.67 Å². The van der Waals surface area contributed by atoms with Crippen LogP contribution in [0.1, 0.15) is 38.8 Å². The van der Waals surface area contributed by atoms with Crippen molar-refractivity contribution in [3.8, 4) is 0 Å². The Balaban J connectivity index is 2.61. The lowest BCUT2D eigenvalue weighted by molar-refractivity contribution is 0.537. The maximum atomic E-state index is 6.64. The van der Waals surface area contributed by atoms with E-state index in [1.165, 1.54) is 27.8 Å². The Kier molecular flexibility index (Phi) is 3.88. The van der Waals surface area contributed by atoms with E-state index in [0.717, 1.165) is 5.56 Å². The third kappa shape index (κ3) is 2.24. The molecule has 1 aromatic heterocycles. The van der Waals surface area contributed by atoms with Crippen molar-refractivity contribution >= 4 is 27.5 Å². The second kappa shape index (κ2) is 5.10. The van der Waals surface area contributed by atoms with Gasteiger partial charge in [-0.15, -0.1) is 11.6 Å². The minimum absolute atomic E-state index is 0.184. The molecule has 3 heteroatoms. The first-order chi connectivity index (χ1) is 8.43. The summed E-state index contributed by atoms with van der Waals surface area (Å²) >= 11 is 10.0. The monoisotopic (exact) mass is 326 g/mol. The van der Waals surface area contributed by atoms with E-state index in [9.17, 15) is 0 Å². The largest absolute Gasteiger partial charge is 0.457 e. The Morgan fingerprint density at radius 1 is 1.11 bits per heavy atom. The smallest absolute Gasteiger partial charge is 0.173 e. The minimum atomic E-state index is -0.184. The molecule has 0 amide bonds. The van der Waals surface area contributed by atoms with Gasteiger partial charge in [-0.2, -0.15) is 0 Å². The Labute approximate surface area is 121 Å². The summed E-state index contributed by atoms with van der Waals surface area (Å²) in [6.45, 7) is 8.50. The number of hydrogen-bond acceptors (Lipinski definition) is 1. The summed E-state index contributed by atoms with van der Waals surface area (Å²) in [6, 6.07) is 4.13. The fourth-order valence-electron chi connectivity index (χ4n) is 2.27. The summed E-state index contributed by atoms with van der Waals surface area (Å²) in [6.07, 6.45) is 1.65. The van der Waals surface area contributed by atoms with Crippen molar-refractivity contribution in [2.75, 3.05) is 0 Å². The maximum Gasteiger partial charge on any atom is 0.173 e. The second-order valence-corrected chi connectivity index (χ2v) is 5.84. The maximum absolute atomic E-state index is 6.64. The third-order valence-corrected chi connectivity index (χ3v) is 4.69. The van der Waals surface area contributed by atoms with Crippen molar-refractivity contribution in [2.24, 2.45) is 0 Å². The van der Waals surface area contributed by atoms with Crippen LogP contribution in [-0.4, -0.2) is 0 Å². The topological polar surface area (TPSA) is 13.1 Å². The third-order valence-electron chi connectivity index (χ3n) is 3.60. The van der Waals surface area contributed by atoms with Gasteiger partial charge in [-0.05, 0) is 77.5 Å². The Morgan fingerprint density at radius 3 is 2.11 bits per heavy atom. The predicted octanol–water partition coefficient (Wildman–Crippen LogP) is 5.60. The molecule has 1 nitrogen and oxygen atoms in total. The minimum Gasteiger partial charge on any atom is -0.457 e. The SMILES string of the molecule is Cc1cc(C)c(C)c(C(Cl)c2ccoc2Br)c1C. The van der Waals surface area contributed by atoms with Gasteiger partial charge in [0.1, 0.15) is 0 Å². The first-order valence-corrected chi connectivity index (χ1v) is 7.10. The van der Waals surface area contributed by atoms with Crippen LogP contribution in [0, 0.1) is 27.7 Å². The van der Waals surface area contributed by atoms with E-state index in [1.807, 2.05) is 6.07 Å². The van der Waals surface area contributed by atoms with Gasteiger partial charge in [0.05, 0.1) is 11.6 Å². The van der Waals surface area contributed by atoms with Crippen LogP contribution in [0.15, 0.2) is 27.5 Å². The van der Waals surface area contributed by atoms with E-state index in [-0.39, 0.29) is 5.38 Å². The summed E-state index contributed by atoms with van der Waals surface area (Å²) in [5.74, 6) is 0. The zero-order valence-corrected chi connectivity index (χ0v) is 13.3. The molecule has 0 aliphatic heterocycles. The highest BCUT2D eigenvalue weighted by Gasteiger charge is 2.21. The van der Waals surface area contributed by atoms with Crippen LogP contribution < -0.4 is 0 Å². The van der Waals surface area contributed by atoms with Crippen LogP contribution in [0.25, 0.3) is 0 Å². The standard InChI is InChI=1S/C15H16BrClO/c1-8-7-9(2)11(4)13(10(8)3)14(17)12-5-6-18-15(12)16/h5-7,14H,1-4H3. The zero-order chi connectivity index (χ0) is 13.4. The fourth-order valence-corrected chi connectivity index (χ4v) is 3.37. The quantitative estimate of drug-likeness (QED) is 0.654. The van der Waals surface area contributed by atoms with E-state index in [4.69, 9.17) is 16.0 Å². The van der Waals surface area contributed by atoms with Crippen LogP contribution in [0.2, 0.25) is 0 Å². The van der Waals surface area contributed by atoms with E-state index in [2.05, 4.69) is 49.7 Å². The van der Waals surface area contributed by atoms with E-state index < -0.39 is 0 Å². The molecule has 1 heterocycles. The first-order valence-electron chi connectivity index (χ1n) is 5.87. The Bertz CT molecular complexity index is 560. The first kappa shape index (κ1) is 13.7. The molecular weight excluding hydrogens is 312 g/mol. The van der Waals surface area contributed by atoms with Gasteiger partial charge in [0.25, 0.3) is 0 Å². The normalized spacial score (nSPS) is 12.8. The molecule has 18 heavy (non-hydrogen) atoms. The summed E-state index contributed by atoms with van der Waals surface area (Å²) < 4.78 is 5.99. The lowest BCUT2D eigenvalue weighted by atomic mass is 9.90. The number of rotatable bonds is 2. The second-order valence-electron chi connectivity index (χ2n) is 4.69. The lowest BCUT2D eigenvalue weighted by Gasteiger charge is -2.19. The van der Waals surface area contributed by atoms with Gasteiger partial charge in [-0.3, -0.25) is 0 Å². The molecule has 96 valence electrons. The van der Waals surface area contributed by atoms with Gasteiger partial charge in [-0.25, -0.2) is 0 Å². The van der Waals surface area contributed by atoms with Crippen molar-refractivity contribution in [3.05, 3.63) is 56.4 Å². The van der Waals surface area contributed by atoms with Crippen LogP contribution in [0.4, 0.5) is 0 Å². The number of alkyl halides is 1. The molecule has 0 radical (unpaired) electrons. The fraction of sp³-hybridized carbons (Fsp3) is 0.333. The van der Waals surface area contributed by atoms with Gasteiger partial charge in [0.15, 0.2) is 4.67 Å². The molecule has 0 fully saturated rings. The highest BCUT2D eigenvalue weighted by molar-refractivity contribution is 9.10. The van der Waals surface area contributed by atoms with Crippen molar-refractivity contribution in [2.45, 2.75) is 33.1 Å². The molecule has 0 spiro atoms. The summed E-state index contributed by atoms with van der Waals surface area (Å²) in [4.78, 5) is 0. The van der Waals surface area contributed by atoms with Gasteiger partial charge < -0.3 is 4.42 Å². The predicted molar refractivity (Wildman–Crippen MR) is 79.5 cm³/mol. The Morgan fingerprint density at radius 2 is 1.67 bits per heavy atom. The Hall–Kier alpha value is -0.730. The summed E-state index contributed by atoms with van der Waals surface area (Å²) in [5.41, 5.74) is 7.23. The molecule has 2 rings (SSSR count). The summed E-state index contributed by atoms with van der Waals surface area (Å²) in [7, 11) is 0. The van der Waals surface area contributed by atoms with Crippen LogP contribution >= 0.6 is 27.5 Å². The number of aryl methyl sites for hydroxylation is 2. The van der Waals surface area contributed by atoms with Crippen molar-refractivity contribution in [1.29, 1.82) is 0 Å². The molecule has 0 N–H and O–H groups in total. The van der Waals surface area contributed by atoms with Gasteiger partial charge >= 0.3 is 0 Å². The molecule has 0 saturated carbocycles. The van der Waals surface area contributed by atoms with Crippen LogP contribution in [-0.2, 0) is 0 Å². The number of benzene rings is 1. The molecule has 1 atom stereocenters. The molecule has 2 aromatic rings. The molecule has 0 bridgehead atoms. The highest BCUT2D eigenvalue weighted by atomic mass is 79.9. The number of furan rings is 1. The van der Waals surface area contributed by atoms with Crippen LogP contribution in [0.5, 0.6) is 0 Å². The van der Waals surface area contributed by atoms with Crippen molar-refractivity contribution in [3.63, 3.8) is 0 Å². The molecule has 0 aliphatic carbocycles. The van der Waals surface area contributed by atoms with Gasteiger partial charge in [0.2, 0.25) is 0 Å². The van der Waals surface area contributed by atoms with E-state index >= 15 is 0 Å². The number of halogens is 2. The molecule has 1 aromatic carbocycles. The van der Waals surface area contributed by atoms with Crippen molar-refractivity contribution < 1.29 is 4.42 Å².